The molecule has 0 saturated carbocycles. The lowest BCUT2D eigenvalue weighted by Crippen LogP contribution is -2.40. The van der Waals surface area contributed by atoms with Crippen LogP contribution in [0.15, 0.2) is 23.1 Å². The number of carbonyl (C=O) groups excluding carboxylic acids is 1. The predicted octanol–water partition coefficient (Wildman–Crippen LogP) is 1.17. The maximum Gasteiger partial charge on any atom is 0.312 e. The highest BCUT2D eigenvalue weighted by molar-refractivity contribution is 7.89. The highest BCUT2D eigenvalue weighted by atomic mass is 32.2. The molecule has 1 aromatic carbocycles. The summed E-state index contributed by atoms with van der Waals surface area (Å²) in [6.07, 6.45) is 0.929. The van der Waals surface area contributed by atoms with Crippen LogP contribution >= 0.6 is 0 Å². The Morgan fingerprint density at radius 1 is 1.29 bits per heavy atom. The topological polar surface area (TPSA) is 137 Å². The van der Waals surface area contributed by atoms with Gasteiger partial charge >= 0.3 is 5.69 Å². The standard InChI is InChI=1S/C19H29N3O8S/c1-15(2)5-9-28-10-6-20-19(23)14-30-18-4-3-16(13-17(18)22(24)25)31(26,27)21-7-11-29-12-8-21/h3-4,13,15H,5-12,14H2,1-2H3,(H,20,23). The summed E-state index contributed by atoms with van der Waals surface area (Å²) < 4.78 is 42.4. The zero-order chi connectivity index (χ0) is 22.9. The number of morpholine rings is 1. The first-order chi connectivity index (χ1) is 14.7. The smallest absolute Gasteiger partial charge is 0.312 e. The van der Waals surface area contributed by atoms with E-state index in [1.165, 1.54) is 16.4 Å². The van der Waals surface area contributed by atoms with Crippen molar-refractivity contribution in [3.05, 3.63) is 28.3 Å². The number of amides is 1. The molecule has 11 nitrogen and oxygen atoms in total. The number of sulfonamides is 1. The Hall–Kier alpha value is -2.28. The number of hydrogen-bond acceptors (Lipinski definition) is 8. The molecule has 1 aliphatic heterocycles. The molecule has 1 N–H and O–H groups in total. The number of rotatable bonds is 12. The summed E-state index contributed by atoms with van der Waals surface area (Å²) in [5, 5.41) is 14.0. The number of nitro groups is 1. The van der Waals surface area contributed by atoms with Crippen LogP contribution < -0.4 is 10.1 Å². The molecule has 0 spiro atoms. The van der Waals surface area contributed by atoms with Crippen molar-refractivity contribution in [1.82, 2.24) is 9.62 Å². The molecular formula is C19H29N3O8S. The van der Waals surface area contributed by atoms with Gasteiger partial charge in [-0.25, -0.2) is 8.42 Å². The lowest BCUT2D eigenvalue weighted by Gasteiger charge is -2.26. The summed E-state index contributed by atoms with van der Waals surface area (Å²) in [5.41, 5.74) is -0.529. The zero-order valence-corrected chi connectivity index (χ0v) is 18.6. The third-order valence-corrected chi connectivity index (χ3v) is 6.40. The Morgan fingerprint density at radius 3 is 2.65 bits per heavy atom. The van der Waals surface area contributed by atoms with Crippen molar-refractivity contribution in [3.8, 4) is 5.75 Å². The van der Waals surface area contributed by atoms with Crippen molar-refractivity contribution in [2.75, 3.05) is 52.7 Å². The maximum atomic E-state index is 12.7. The third kappa shape index (κ3) is 7.73. The van der Waals surface area contributed by atoms with Crippen LogP contribution in [0.1, 0.15) is 20.3 Å². The minimum absolute atomic E-state index is 0.176. The zero-order valence-electron chi connectivity index (χ0n) is 17.7. The predicted molar refractivity (Wildman–Crippen MR) is 111 cm³/mol. The molecule has 12 heteroatoms. The molecule has 0 aliphatic carbocycles. The molecule has 1 heterocycles. The fourth-order valence-corrected chi connectivity index (χ4v) is 4.16. The summed E-state index contributed by atoms with van der Waals surface area (Å²) in [7, 11) is -3.89. The molecule has 1 aliphatic rings. The summed E-state index contributed by atoms with van der Waals surface area (Å²) in [6.45, 7) is 5.87. The molecule has 1 fully saturated rings. The van der Waals surface area contributed by atoms with Gasteiger partial charge in [0.25, 0.3) is 5.91 Å². The van der Waals surface area contributed by atoms with Crippen molar-refractivity contribution >= 4 is 21.6 Å². The molecule has 31 heavy (non-hydrogen) atoms. The van der Waals surface area contributed by atoms with Gasteiger partial charge in [0, 0.05) is 32.3 Å². The Morgan fingerprint density at radius 2 is 2.00 bits per heavy atom. The number of nitrogens with one attached hydrogen (secondary N) is 1. The first-order valence-corrected chi connectivity index (χ1v) is 11.5. The van der Waals surface area contributed by atoms with Crippen LogP contribution in [-0.2, 0) is 24.3 Å². The van der Waals surface area contributed by atoms with E-state index in [1.807, 2.05) is 0 Å². The van der Waals surface area contributed by atoms with Gasteiger partial charge in [-0.1, -0.05) is 13.8 Å². The number of ether oxygens (including phenoxy) is 3. The van der Waals surface area contributed by atoms with Crippen LogP contribution in [0.25, 0.3) is 0 Å². The molecule has 1 saturated heterocycles. The second-order valence-corrected chi connectivity index (χ2v) is 9.27. The van der Waals surface area contributed by atoms with Crippen LogP contribution in [0.3, 0.4) is 0 Å². The molecule has 1 amide bonds. The van der Waals surface area contributed by atoms with Gasteiger partial charge in [0.2, 0.25) is 10.0 Å². The molecule has 174 valence electrons. The average molecular weight is 460 g/mol. The van der Waals surface area contributed by atoms with Gasteiger partial charge in [-0.05, 0) is 24.5 Å². The molecule has 0 unspecified atom stereocenters. The molecule has 0 atom stereocenters. The first-order valence-electron chi connectivity index (χ1n) is 10.1. The van der Waals surface area contributed by atoms with E-state index in [2.05, 4.69) is 19.2 Å². The Bertz CT molecular complexity index is 854. The maximum absolute atomic E-state index is 12.7. The first kappa shape index (κ1) is 25.0. The fourth-order valence-electron chi connectivity index (χ4n) is 2.74. The fraction of sp³-hybridized carbons (Fsp3) is 0.632. The lowest BCUT2D eigenvalue weighted by molar-refractivity contribution is -0.386. The minimum Gasteiger partial charge on any atom is -0.477 e. The number of nitro benzene ring substituents is 1. The molecule has 0 radical (unpaired) electrons. The highest BCUT2D eigenvalue weighted by Gasteiger charge is 2.29. The van der Waals surface area contributed by atoms with Crippen molar-refractivity contribution in [1.29, 1.82) is 0 Å². The van der Waals surface area contributed by atoms with E-state index in [9.17, 15) is 23.3 Å². The molecule has 0 bridgehead atoms. The van der Waals surface area contributed by atoms with E-state index in [0.717, 1.165) is 12.5 Å². The van der Waals surface area contributed by atoms with Crippen molar-refractivity contribution in [3.63, 3.8) is 0 Å². The van der Waals surface area contributed by atoms with Crippen molar-refractivity contribution in [2.24, 2.45) is 5.92 Å². The van der Waals surface area contributed by atoms with Gasteiger partial charge in [0.05, 0.1) is 29.6 Å². The molecule has 0 aromatic heterocycles. The van der Waals surface area contributed by atoms with Gasteiger partial charge in [-0.2, -0.15) is 4.31 Å². The summed E-state index contributed by atoms with van der Waals surface area (Å²) in [4.78, 5) is 22.4. The SMILES string of the molecule is CC(C)CCOCCNC(=O)COc1ccc(S(=O)(=O)N2CCOCC2)cc1[N+](=O)[O-]. The van der Waals surface area contributed by atoms with Crippen LogP contribution in [0.2, 0.25) is 0 Å². The van der Waals surface area contributed by atoms with Gasteiger partial charge in [-0.15, -0.1) is 0 Å². The van der Waals surface area contributed by atoms with E-state index >= 15 is 0 Å². The summed E-state index contributed by atoms with van der Waals surface area (Å²) >= 11 is 0. The molecule has 1 aromatic rings. The van der Waals surface area contributed by atoms with Gasteiger partial charge in [0.15, 0.2) is 12.4 Å². The summed E-state index contributed by atoms with van der Waals surface area (Å²) in [6, 6.07) is 3.36. The van der Waals surface area contributed by atoms with E-state index in [1.54, 1.807) is 0 Å². The third-order valence-electron chi connectivity index (χ3n) is 4.50. The quantitative estimate of drug-likeness (QED) is 0.279. The number of carbonyl (C=O) groups is 1. The van der Waals surface area contributed by atoms with E-state index in [0.29, 0.717) is 25.7 Å². The van der Waals surface area contributed by atoms with E-state index in [4.69, 9.17) is 14.2 Å². The van der Waals surface area contributed by atoms with Gasteiger partial charge in [0.1, 0.15) is 0 Å². The van der Waals surface area contributed by atoms with Crippen LogP contribution in [0, 0.1) is 16.0 Å². The second kappa shape index (κ2) is 11.9. The molecular weight excluding hydrogens is 430 g/mol. The van der Waals surface area contributed by atoms with Gasteiger partial charge in [-0.3, -0.25) is 14.9 Å². The van der Waals surface area contributed by atoms with E-state index < -0.39 is 33.1 Å². The normalized spacial score (nSPS) is 15.1. The van der Waals surface area contributed by atoms with Gasteiger partial charge < -0.3 is 19.5 Å². The van der Waals surface area contributed by atoms with Crippen LogP contribution in [-0.4, -0.2) is 76.2 Å². The minimum atomic E-state index is -3.89. The Balaban J connectivity index is 1.93. The Kier molecular flexibility index (Phi) is 9.62. The second-order valence-electron chi connectivity index (χ2n) is 7.34. The van der Waals surface area contributed by atoms with Crippen LogP contribution in [0.4, 0.5) is 5.69 Å². The Labute approximate surface area is 181 Å². The van der Waals surface area contributed by atoms with E-state index in [-0.39, 0.29) is 36.9 Å². The van der Waals surface area contributed by atoms with Crippen molar-refractivity contribution < 1.29 is 32.3 Å². The lowest BCUT2D eigenvalue weighted by atomic mass is 10.1. The highest BCUT2D eigenvalue weighted by Crippen LogP contribution is 2.31. The van der Waals surface area contributed by atoms with Crippen molar-refractivity contribution in [2.45, 2.75) is 25.2 Å². The van der Waals surface area contributed by atoms with Crippen LogP contribution in [0.5, 0.6) is 5.75 Å². The monoisotopic (exact) mass is 459 g/mol. The largest absolute Gasteiger partial charge is 0.477 e. The average Bonchev–Trinajstić information content (AvgIpc) is 2.74. The number of nitrogens with zero attached hydrogens (tertiary/aromatic N) is 2. The summed E-state index contributed by atoms with van der Waals surface area (Å²) in [5.74, 6) is -0.116. The molecule has 2 rings (SSSR count). The number of benzene rings is 1. The number of hydrogen-bond donors (Lipinski definition) is 1.